The predicted octanol–water partition coefficient (Wildman–Crippen LogP) is 0.579. The number of hydrogen-bond donors (Lipinski definition) is 1. The number of hydrogen-bond acceptors (Lipinski definition) is 3. The topological polar surface area (TPSA) is 38.3 Å². The molecule has 70 valence electrons. The monoisotopic (exact) mass is 191 g/mol. The van der Waals surface area contributed by atoms with Gasteiger partial charge in [-0.05, 0) is 31.2 Å². The number of carbonyl (C=O) groups is 1. The summed E-state index contributed by atoms with van der Waals surface area (Å²) in [6, 6.07) is -0.00116. The van der Waals surface area contributed by atoms with E-state index in [0.29, 0.717) is 5.92 Å². The lowest BCUT2D eigenvalue weighted by atomic mass is 9.73. The van der Waals surface area contributed by atoms with E-state index < -0.39 is 0 Å². The Morgan fingerprint density at radius 2 is 2.25 bits per heavy atom. The minimum absolute atomic E-state index is 0. The van der Waals surface area contributed by atoms with E-state index in [2.05, 4.69) is 10.1 Å². The number of nitrogens with one attached hydrogen (secondary N) is 1. The van der Waals surface area contributed by atoms with Crippen LogP contribution in [-0.2, 0) is 9.53 Å². The number of halogens is 1. The van der Waals surface area contributed by atoms with E-state index in [-0.39, 0.29) is 24.4 Å². The van der Waals surface area contributed by atoms with Crippen molar-refractivity contribution >= 4 is 18.4 Å². The molecule has 12 heavy (non-hydrogen) atoms. The van der Waals surface area contributed by atoms with E-state index >= 15 is 0 Å². The van der Waals surface area contributed by atoms with Crippen molar-refractivity contribution in [3.63, 3.8) is 0 Å². The summed E-state index contributed by atoms with van der Waals surface area (Å²) in [5, 5.41) is 3.19. The van der Waals surface area contributed by atoms with Crippen LogP contribution in [0.5, 0.6) is 0 Å². The van der Waals surface area contributed by atoms with Crippen LogP contribution < -0.4 is 5.32 Å². The Labute approximate surface area is 78.3 Å². The third-order valence-electron chi connectivity index (χ3n) is 2.96. The van der Waals surface area contributed by atoms with Gasteiger partial charge in [0.1, 0.15) is 6.04 Å². The molecule has 0 aromatic rings. The lowest BCUT2D eigenvalue weighted by Crippen LogP contribution is -2.39. The van der Waals surface area contributed by atoms with Crippen molar-refractivity contribution in [2.75, 3.05) is 13.7 Å². The zero-order valence-electron chi connectivity index (χ0n) is 7.08. The van der Waals surface area contributed by atoms with Crippen LogP contribution in [0, 0.1) is 11.8 Å². The second kappa shape index (κ2) is 3.62. The van der Waals surface area contributed by atoms with Crippen molar-refractivity contribution in [1.29, 1.82) is 0 Å². The maximum Gasteiger partial charge on any atom is 0.323 e. The fourth-order valence-electron chi connectivity index (χ4n) is 2.10. The van der Waals surface area contributed by atoms with Gasteiger partial charge in [0.15, 0.2) is 0 Å². The van der Waals surface area contributed by atoms with E-state index in [1.807, 2.05) is 0 Å². The summed E-state index contributed by atoms with van der Waals surface area (Å²) in [5.41, 5.74) is 0. The number of fused-ring (bicyclic) bond motifs is 1. The molecule has 0 bridgehead atoms. The summed E-state index contributed by atoms with van der Waals surface area (Å²) in [6.07, 6.45) is 2.47. The molecule has 3 unspecified atom stereocenters. The van der Waals surface area contributed by atoms with Gasteiger partial charge < -0.3 is 10.1 Å². The standard InChI is InChI=1S/C8H13NO2.ClH/c1-11-8(10)7-6-3-2-5(6)4-9-7;/h5-7,9H,2-4H2,1H3;1H. The molecule has 2 fully saturated rings. The Morgan fingerprint density at radius 3 is 2.67 bits per heavy atom. The van der Waals surface area contributed by atoms with Gasteiger partial charge in [-0.1, -0.05) is 0 Å². The van der Waals surface area contributed by atoms with Crippen LogP contribution in [-0.4, -0.2) is 25.7 Å². The van der Waals surface area contributed by atoms with Crippen molar-refractivity contribution in [3.05, 3.63) is 0 Å². The molecular formula is C8H14ClNO2. The summed E-state index contributed by atoms with van der Waals surface area (Å²) in [5.74, 6) is 1.23. The Bertz CT molecular complexity index is 186. The quantitative estimate of drug-likeness (QED) is 0.617. The largest absolute Gasteiger partial charge is 0.468 e. The molecule has 0 aromatic carbocycles. The maximum atomic E-state index is 11.1. The van der Waals surface area contributed by atoms with Crippen LogP contribution in [0.2, 0.25) is 0 Å². The molecule has 3 nitrogen and oxygen atoms in total. The van der Waals surface area contributed by atoms with Gasteiger partial charge in [0.25, 0.3) is 0 Å². The van der Waals surface area contributed by atoms with E-state index in [1.54, 1.807) is 0 Å². The van der Waals surface area contributed by atoms with Gasteiger partial charge in [-0.3, -0.25) is 4.79 Å². The predicted molar refractivity (Wildman–Crippen MR) is 47.3 cm³/mol. The van der Waals surface area contributed by atoms with E-state index in [9.17, 15) is 4.79 Å². The molecule has 1 aliphatic heterocycles. The molecule has 0 radical (unpaired) electrons. The minimum Gasteiger partial charge on any atom is -0.468 e. The first-order valence-corrected chi connectivity index (χ1v) is 4.14. The van der Waals surface area contributed by atoms with Gasteiger partial charge in [0, 0.05) is 0 Å². The highest BCUT2D eigenvalue weighted by atomic mass is 35.5. The first-order valence-electron chi connectivity index (χ1n) is 4.14. The van der Waals surface area contributed by atoms with Gasteiger partial charge in [-0.2, -0.15) is 0 Å². The number of carbonyl (C=O) groups excluding carboxylic acids is 1. The Balaban J connectivity index is 0.000000720. The minimum atomic E-state index is -0.0859. The van der Waals surface area contributed by atoms with Crippen molar-refractivity contribution in [2.24, 2.45) is 11.8 Å². The third kappa shape index (κ3) is 1.31. The molecule has 1 saturated heterocycles. The molecule has 3 atom stereocenters. The Hall–Kier alpha value is -0.280. The molecule has 2 aliphatic rings. The second-order valence-electron chi connectivity index (χ2n) is 3.41. The van der Waals surface area contributed by atoms with Gasteiger partial charge in [-0.25, -0.2) is 0 Å². The highest BCUT2D eigenvalue weighted by Crippen LogP contribution is 2.40. The highest BCUT2D eigenvalue weighted by molar-refractivity contribution is 5.85. The maximum absolute atomic E-state index is 11.1. The van der Waals surface area contributed by atoms with Crippen LogP contribution >= 0.6 is 12.4 Å². The lowest BCUT2D eigenvalue weighted by molar-refractivity contribution is -0.144. The average molecular weight is 192 g/mol. The molecule has 0 aromatic heterocycles. The third-order valence-corrected chi connectivity index (χ3v) is 2.96. The van der Waals surface area contributed by atoms with Crippen LogP contribution in [0.4, 0.5) is 0 Å². The highest BCUT2D eigenvalue weighted by Gasteiger charge is 2.45. The van der Waals surface area contributed by atoms with Crippen molar-refractivity contribution < 1.29 is 9.53 Å². The lowest BCUT2D eigenvalue weighted by Gasteiger charge is -2.31. The van der Waals surface area contributed by atoms with Crippen molar-refractivity contribution in [3.8, 4) is 0 Å². The first-order chi connectivity index (χ1) is 5.33. The number of rotatable bonds is 1. The molecule has 1 aliphatic carbocycles. The summed E-state index contributed by atoms with van der Waals surface area (Å²) in [4.78, 5) is 11.1. The van der Waals surface area contributed by atoms with Gasteiger partial charge >= 0.3 is 5.97 Å². The Morgan fingerprint density at radius 1 is 1.50 bits per heavy atom. The molecule has 0 amide bonds. The van der Waals surface area contributed by atoms with Gasteiger partial charge in [-0.15, -0.1) is 12.4 Å². The van der Waals surface area contributed by atoms with Crippen LogP contribution in [0.15, 0.2) is 0 Å². The second-order valence-corrected chi connectivity index (χ2v) is 3.41. The zero-order chi connectivity index (χ0) is 7.84. The fraction of sp³-hybridized carbons (Fsp3) is 0.875. The molecule has 0 spiro atoms. The summed E-state index contributed by atoms with van der Waals surface area (Å²) in [7, 11) is 1.45. The molecule has 1 saturated carbocycles. The number of ether oxygens (including phenoxy) is 1. The van der Waals surface area contributed by atoms with Gasteiger partial charge in [0.2, 0.25) is 0 Å². The number of esters is 1. The van der Waals surface area contributed by atoms with E-state index in [1.165, 1.54) is 20.0 Å². The smallest absolute Gasteiger partial charge is 0.323 e. The van der Waals surface area contributed by atoms with E-state index in [4.69, 9.17) is 0 Å². The molecular weight excluding hydrogens is 178 g/mol. The fourth-order valence-corrected chi connectivity index (χ4v) is 2.10. The van der Waals surface area contributed by atoms with Crippen LogP contribution in [0.3, 0.4) is 0 Å². The average Bonchev–Trinajstić information content (AvgIpc) is 2.25. The summed E-state index contributed by atoms with van der Waals surface area (Å²) >= 11 is 0. The zero-order valence-corrected chi connectivity index (χ0v) is 7.89. The molecule has 1 N–H and O–H groups in total. The van der Waals surface area contributed by atoms with Crippen LogP contribution in [0.25, 0.3) is 0 Å². The summed E-state index contributed by atoms with van der Waals surface area (Å²) in [6.45, 7) is 1.00. The molecule has 2 rings (SSSR count). The summed E-state index contributed by atoms with van der Waals surface area (Å²) < 4.78 is 4.69. The van der Waals surface area contributed by atoms with Gasteiger partial charge in [0.05, 0.1) is 7.11 Å². The molecule has 4 heteroatoms. The van der Waals surface area contributed by atoms with E-state index in [0.717, 1.165) is 12.5 Å². The normalized spacial score (nSPS) is 37.6. The first kappa shape index (κ1) is 9.81. The number of methoxy groups -OCH3 is 1. The Kier molecular flexibility index (Phi) is 2.96. The van der Waals surface area contributed by atoms with Crippen molar-refractivity contribution in [2.45, 2.75) is 18.9 Å². The SMILES string of the molecule is COC(=O)C1NCC2CCC21.Cl. The molecule has 1 heterocycles. The van der Waals surface area contributed by atoms with Crippen molar-refractivity contribution in [1.82, 2.24) is 5.32 Å². The van der Waals surface area contributed by atoms with Crippen LogP contribution in [0.1, 0.15) is 12.8 Å².